The van der Waals surface area contributed by atoms with E-state index in [1.807, 2.05) is 23.1 Å². The third kappa shape index (κ3) is 4.59. The van der Waals surface area contributed by atoms with Crippen molar-refractivity contribution >= 4 is 11.8 Å². The molecule has 5 rings (SSSR count). The van der Waals surface area contributed by atoms with Crippen molar-refractivity contribution in [1.29, 1.82) is 0 Å². The number of carbonyl (C=O) groups excluding carboxylic acids is 2. The van der Waals surface area contributed by atoms with Crippen LogP contribution in [0.25, 0.3) is 0 Å². The first-order chi connectivity index (χ1) is 15.7. The van der Waals surface area contributed by atoms with Crippen LogP contribution in [0, 0.1) is 17.8 Å². The SMILES string of the molecule is O=C(N[C@@H](CCN1CC2CN(C(=O)c3ccco3)CC2C1)c1ccccc1)C1CCOC1. The average molecular weight is 438 g/mol. The van der Waals surface area contributed by atoms with Crippen LogP contribution in [0.5, 0.6) is 0 Å². The number of hydrogen-bond donors (Lipinski definition) is 1. The number of carbonyl (C=O) groups is 2. The molecular formula is C25H31N3O4. The molecule has 1 N–H and O–H groups in total. The Morgan fingerprint density at radius 1 is 1.03 bits per heavy atom. The maximum Gasteiger partial charge on any atom is 0.289 e. The summed E-state index contributed by atoms with van der Waals surface area (Å²) in [6.07, 6.45) is 3.22. The van der Waals surface area contributed by atoms with Crippen LogP contribution in [0.1, 0.15) is 35.0 Å². The monoisotopic (exact) mass is 437 g/mol. The van der Waals surface area contributed by atoms with E-state index in [0.29, 0.717) is 30.8 Å². The summed E-state index contributed by atoms with van der Waals surface area (Å²) in [7, 11) is 0. The van der Waals surface area contributed by atoms with Crippen molar-refractivity contribution in [2.45, 2.75) is 18.9 Å². The molecule has 3 fully saturated rings. The first-order valence-corrected chi connectivity index (χ1v) is 11.7. The highest BCUT2D eigenvalue weighted by Gasteiger charge is 2.42. The van der Waals surface area contributed by atoms with E-state index in [1.54, 1.807) is 18.4 Å². The zero-order valence-corrected chi connectivity index (χ0v) is 18.3. The lowest BCUT2D eigenvalue weighted by molar-refractivity contribution is -0.125. The molecule has 3 aliphatic rings. The number of likely N-dealkylation sites (tertiary alicyclic amines) is 2. The summed E-state index contributed by atoms with van der Waals surface area (Å²) in [6, 6.07) is 13.7. The van der Waals surface area contributed by atoms with Crippen LogP contribution in [0.3, 0.4) is 0 Å². The fourth-order valence-corrected chi connectivity index (χ4v) is 5.34. The molecule has 1 aromatic carbocycles. The minimum Gasteiger partial charge on any atom is -0.459 e. The Hall–Kier alpha value is -2.64. The zero-order chi connectivity index (χ0) is 21.9. The smallest absolute Gasteiger partial charge is 0.289 e. The highest BCUT2D eigenvalue weighted by Crippen LogP contribution is 2.32. The lowest BCUT2D eigenvalue weighted by atomic mass is 10.0. The maximum atomic E-state index is 12.7. The van der Waals surface area contributed by atoms with Crippen molar-refractivity contribution < 1.29 is 18.7 Å². The Morgan fingerprint density at radius 2 is 1.81 bits per heavy atom. The summed E-state index contributed by atoms with van der Waals surface area (Å²) in [5.74, 6) is 1.50. The summed E-state index contributed by atoms with van der Waals surface area (Å²) in [5.41, 5.74) is 1.15. The molecule has 2 amide bonds. The van der Waals surface area contributed by atoms with E-state index in [1.165, 1.54) is 0 Å². The summed E-state index contributed by atoms with van der Waals surface area (Å²) in [5, 5.41) is 3.28. The molecule has 4 atom stereocenters. The molecule has 0 saturated carbocycles. The van der Waals surface area contributed by atoms with Gasteiger partial charge in [0.2, 0.25) is 5.91 Å². The topological polar surface area (TPSA) is 75.0 Å². The van der Waals surface area contributed by atoms with E-state index in [4.69, 9.17) is 9.15 Å². The van der Waals surface area contributed by atoms with E-state index in [2.05, 4.69) is 22.3 Å². The molecule has 3 aliphatic heterocycles. The second kappa shape index (κ2) is 9.46. The molecule has 1 aromatic heterocycles. The number of benzene rings is 1. The predicted molar refractivity (Wildman–Crippen MR) is 119 cm³/mol. The Kier molecular flexibility index (Phi) is 6.28. The van der Waals surface area contributed by atoms with Gasteiger partial charge in [0.25, 0.3) is 5.91 Å². The van der Waals surface area contributed by atoms with Crippen molar-refractivity contribution in [2.75, 3.05) is 45.9 Å². The largest absolute Gasteiger partial charge is 0.459 e. The average Bonchev–Trinajstić information content (AvgIpc) is 3.60. The van der Waals surface area contributed by atoms with Crippen LogP contribution in [-0.4, -0.2) is 67.6 Å². The molecule has 170 valence electrons. The Morgan fingerprint density at radius 3 is 2.47 bits per heavy atom. The highest BCUT2D eigenvalue weighted by molar-refractivity contribution is 5.91. The van der Waals surface area contributed by atoms with Gasteiger partial charge in [-0.2, -0.15) is 0 Å². The number of fused-ring (bicyclic) bond motifs is 1. The molecule has 7 heteroatoms. The van der Waals surface area contributed by atoms with Gasteiger partial charge in [-0.05, 0) is 42.4 Å². The Labute approximate surface area is 188 Å². The quantitative estimate of drug-likeness (QED) is 0.721. The summed E-state index contributed by atoms with van der Waals surface area (Å²) in [4.78, 5) is 29.7. The van der Waals surface area contributed by atoms with Gasteiger partial charge in [0.1, 0.15) is 0 Å². The molecule has 4 heterocycles. The molecule has 0 spiro atoms. The lowest BCUT2D eigenvalue weighted by Crippen LogP contribution is -2.37. The number of nitrogens with one attached hydrogen (secondary N) is 1. The zero-order valence-electron chi connectivity index (χ0n) is 18.3. The van der Waals surface area contributed by atoms with Gasteiger partial charge < -0.3 is 24.3 Å². The van der Waals surface area contributed by atoms with E-state index in [-0.39, 0.29) is 23.8 Å². The molecule has 32 heavy (non-hydrogen) atoms. The van der Waals surface area contributed by atoms with Gasteiger partial charge in [-0.3, -0.25) is 9.59 Å². The van der Waals surface area contributed by atoms with Gasteiger partial charge in [0.15, 0.2) is 5.76 Å². The summed E-state index contributed by atoms with van der Waals surface area (Å²) < 4.78 is 10.7. The van der Waals surface area contributed by atoms with Crippen molar-refractivity contribution in [2.24, 2.45) is 17.8 Å². The Balaban J connectivity index is 1.15. The third-order valence-electron chi connectivity index (χ3n) is 7.13. The molecule has 0 radical (unpaired) electrons. The predicted octanol–water partition coefficient (Wildman–Crippen LogP) is 2.57. The van der Waals surface area contributed by atoms with Gasteiger partial charge in [0, 0.05) is 39.3 Å². The number of hydrogen-bond acceptors (Lipinski definition) is 5. The first kappa shape index (κ1) is 21.2. The van der Waals surface area contributed by atoms with Crippen molar-refractivity contribution in [3.05, 3.63) is 60.1 Å². The number of amides is 2. The number of rotatable bonds is 7. The summed E-state index contributed by atoms with van der Waals surface area (Å²) >= 11 is 0. The Bertz CT molecular complexity index is 897. The van der Waals surface area contributed by atoms with E-state index in [9.17, 15) is 9.59 Å². The second-order valence-electron chi connectivity index (χ2n) is 9.29. The molecule has 0 bridgehead atoms. The minimum absolute atomic E-state index is 0.00121. The number of nitrogens with zero attached hydrogens (tertiary/aromatic N) is 2. The van der Waals surface area contributed by atoms with Crippen LogP contribution < -0.4 is 5.32 Å². The molecule has 3 saturated heterocycles. The minimum atomic E-state index is -0.0370. The van der Waals surface area contributed by atoms with Crippen molar-refractivity contribution in [3.63, 3.8) is 0 Å². The van der Waals surface area contributed by atoms with Crippen LogP contribution >= 0.6 is 0 Å². The molecule has 7 nitrogen and oxygen atoms in total. The van der Waals surface area contributed by atoms with Crippen molar-refractivity contribution in [1.82, 2.24) is 15.1 Å². The van der Waals surface area contributed by atoms with Crippen LogP contribution in [0.15, 0.2) is 53.1 Å². The third-order valence-corrected chi connectivity index (χ3v) is 7.13. The van der Waals surface area contributed by atoms with Crippen LogP contribution in [-0.2, 0) is 9.53 Å². The number of ether oxygens (including phenoxy) is 1. The van der Waals surface area contributed by atoms with E-state index >= 15 is 0 Å². The van der Waals surface area contributed by atoms with Crippen molar-refractivity contribution in [3.8, 4) is 0 Å². The van der Waals surface area contributed by atoms with Gasteiger partial charge >= 0.3 is 0 Å². The molecular weight excluding hydrogens is 406 g/mol. The first-order valence-electron chi connectivity index (χ1n) is 11.7. The maximum absolute atomic E-state index is 12.7. The van der Waals surface area contributed by atoms with Crippen LogP contribution in [0.2, 0.25) is 0 Å². The molecule has 0 aliphatic carbocycles. The normalized spacial score (nSPS) is 26.2. The van der Waals surface area contributed by atoms with Gasteiger partial charge in [-0.25, -0.2) is 0 Å². The summed E-state index contributed by atoms with van der Waals surface area (Å²) in [6.45, 7) is 5.71. The fraction of sp³-hybridized carbons (Fsp3) is 0.520. The van der Waals surface area contributed by atoms with Gasteiger partial charge in [0.05, 0.1) is 24.8 Å². The van der Waals surface area contributed by atoms with Crippen LogP contribution in [0.4, 0.5) is 0 Å². The second-order valence-corrected chi connectivity index (χ2v) is 9.29. The van der Waals surface area contributed by atoms with Gasteiger partial charge in [-0.15, -0.1) is 0 Å². The number of furan rings is 1. The highest BCUT2D eigenvalue weighted by atomic mass is 16.5. The molecule has 2 aromatic rings. The van der Waals surface area contributed by atoms with Gasteiger partial charge in [-0.1, -0.05) is 30.3 Å². The van der Waals surface area contributed by atoms with E-state index in [0.717, 1.165) is 51.1 Å². The molecule has 3 unspecified atom stereocenters. The fourth-order valence-electron chi connectivity index (χ4n) is 5.34. The lowest BCUT2D eigenvalue weighted by Gasteiger charge is -2.25. The van der Waals surface area contributed by atoms with E-state index < -0.39 is 0 Å². The standard InChI is InChI=1S/C25H31N3O4/c29-24(19-9-12-31-17-19)26-22(18-5-2-1-3-6-18)8-10-27-13-20-15-28(16-21(20)14-27)25(30)23-7-4-11-32-23/h1-7,11,19-22H,8-10,12-17H2,(H,26,29)/t19?,20?,21?,22-/m0/s1.